The molecule has 1 N–H and O–H groups in total. The van der Waals surface area contributed by atoms with E-state index in [1.165, 1.54) is 16.9 Å². The monoisotopic (exact) mass is 460 g/mol. The minimum atomic E-state index is -2.80. The van der Waals surface area contributed by atoms with Crippen LogP contribution in [0.25, 0.3) is 5.65 Å². The third-order valence-electron chi connectivity index (χ3n) is 6.21. The number of carbonyl (C=O) groups excluding carboxylic acids is 1. The Bertz CT molecular complexity index is 1130. The van der Waals surface area contributed by atoms with Crippen LogP contribution in [0.2, 0.25) is 0 Å². The minimum absolute atomic E-state index is 0.0117. The molecule has 2 aliphatic rings. The maximum absolute atomic E-state index is 13.7. The molecular formula is C21H26F2N8O2. The molecule has 0 spiro atoms. The fraction of sp³-hybridized carbons (Fsp3) is 0.524. The summed E-state index contributed by atoms with van der Waals surface area (Å²) in [6.45, 7) is 4.36. The molecule has 0 atom stereocenters. The van der Waals surface area contributed by atoms with Crippen LogP contribution in [0, 0.1) is 0 Å². The van der Waals surface area contributed by atoms with E-state index in [9.17, 15) is 13.6 Å². The molecule has 0 aromatic carbocycles. The van der Waals surface area contributed by atoms with Gasteiger partial charge in [-0.15, -0.1) is 0 Å². The maximum atomic E-state index is 13.7. The molecule has 33 heavy (non-hydrogen) atoms. The van der Waals surface area contributed by atoms with E-state index in [-0.39, 0.29) is 17.3 Å². The van der Waals surface area contributed by atoms with Crippen molar-refractivity contribution in [3.05, 3.63) is 35.9 Å². The zero-order valence-electron chi connectivity index (χ0n) is 18.3. The number of halogens is 2. The summed E-state index contributed by atoms with van der Waals surface area (Å²) in [4.78, 5) is 21.9. The molecule has 3 aromatic rings. The van der Waals surface area contributed by atoms with Crippen LogP contribution in [-0.2, 0) is 4.74 Å². The first-order chi connectivity index (χ1) is 16.0. The van der Waals surface area contributed by atoms with Crippen molar-refractivity contribution in [2.24, 2.45) is 0 Å². The van der Waals surface area contributed by atoms with Crippen LogP contribution >= 0.6 is 0 Å². The lowest BCUT2D eigenvalue weighted by Crippen LogP contribution is -2.36. The van der Waals surface area contributed by atoms with Gasteiger partial charge in [0.15, 0.2) is 11.3 Å². The zero-order valence-corrected chi connectivity index (χ0v) is 18.3. The molecule has 2 aliphatic heterocycles. The summed E-state index contributed by atoms with van der Waals surface area (Å²) < 4.78 is 35.8. The summed E-state index contributed by atoms with van der Waals surface area (Å²) >= 11 is 0. The summed E-state index contributed by atoms with van der Waals surface area (Å²) in [7, 11) is 2.03. The summed E-state index contributed by atoms with van der Waals surface area (Å²) in [5, 5.41) is 10.9. The van der Waals surface area contributed by atoms with Crippen molar-refractivity contribution in [1.29, 1.82) is 0 Å². The number of morpholine rings is 1. The molecule has 0 unspecified atom stereocenters. The van der Waals surface area contributed by atoms with Gasteiger partial charge in [-0.3, -0.25) is 9.48 Å². The van der Waals surface area contributed by atoms with Gasteiger partial charge < -0.3 is 19.9 Å². The normalized spacial score (nSPS) is 18.4. The van der Waals surface area contributed by atoms with Gasteiger partial charge in [0.05, 0.1) is 31.1 Å². The van der Waals surface area contributed by atoms with E-state index in [4.69, 9.17) is 4.74 Å². The Labute approximate surface area is 189 Å². The summed E-state index contributed by atoms with van der Waals surface area (Å²) in [6, 6.07) is 1.85. The SMILES string of the molecule is CN1CCC(n2cc(NC(=O)c3cnn4ccc(N5CCOCC5)nc34)c(C(F)F)n2)CC1. The summed E-state index contributed by atoms with van der Waals surface area (Å²) in [6.07, 6.45) is 3.46. The Hall–Kier alpha value is -3.12. The molecular weight excluding hydrogens is 434 g/mol. The van der Waals surface area contributed by atoms with Gasteiger partial charge in [-0.25, -0.2) is 18.3 Å². The average Bonchev–Trinajstić information content (AvgIpc) is 3.44. The lowest BCUT2D eigenvalue weighted by Gasteiger charge is -2.28. The second-order valence-electron chi connectivity index (χ2n) is 8.41. The van der Waals surface area contributed by atoms with Crippen LogP contribution in [0.15, 0.2) is 24.7 Å². The highest BCUT2D eigenvalue weighted by atomic mass is 19.3. The molecule has 0 aliphatic carbocycles. The van der Waals surface area contributed by atoms with Gasteiger partial charge >= 0.3 is 0 Å². The fourth-order valence-electron chi connectivity index (χ4n) is 4.29. The highest BCUT2D eigenvalue weighted by molar-refractivity contribution is 6.08. The van der Waals surface area contributed by atoms with Crippen LogP contribution in [0.3, 0.4) is 0 Å². The number of aromatic nitrogens is 5. The number of anilines is 2. The van der Waals surface area contributed by atoms with Gasteiger partial charge in [0.25, 0.3) is 12.3 Å². The molecule has 5 heterocycles. The van der Waals surface area contributed by atoms with E-state index in [1.54, 1.807) is 10.9 Å². The molecule has 176 valence electrons. The molecule has 0 radical (unpaired) electrons. The Morgan fingerprint density at radius 1 is 1.21 bits per heavy atom. The fourth-order valence-corrected chi connectivity index (χ4v) is 4.29. The minimum Gasteiger partial charge on any atom is -0.378 e. The van der Waals surface area contributed by atoms with E-state index in [0.29, 0.717) is 37.8 Å². The number of amides is 1. The van der Waals surface area contributed by atoms with Crippen LogP contribution in [0.5, 0.6) is 0 Å². The Kier molecular flexibility index (Phi) is 5.94. The van der Waals surface area contributed by atoms with Crippen molar-refractivity contribution in [2.75, 3.05) is 56.7 Å². The zero-order chi connectivity index (χ0) is 22.9. The van der Waals surface area contributed by atoms with Gasteiger partial charge in [-0.1, -0.05) is 0 Å². The van der Waals surface area contributed by atoms with Crippen molar-refractivity contribution >= 4 is 23.1 Å². The predicted octanol–water partition coefficient (Wildman–Crippen LogP) is 2.22. The van der Waals surface area contributed by atoms with Crippen LogP contribution in [0.4, 0.5) is 20.3 Å². The lowest BCUT2D eigenvalue weighted by atomic mass is 10.1. The first-order valence-corrected chi connectivity index (χ1v) is 11.0. The third-order valence-corrected chi connectivity index (χ3v) is 6.21. The van der Waals surface area contributed by atoms with E-state index in [2.05, 4.69) is 30.3 Å². The number of alkyl halides is 2. The molecule has 3 aromatic heterocycles. The predicted molar refractivity (Wildman–Crippen MR) is 117 cm³/mol. The van der Waals surface area contributed by atoms with E-state index in [1.807, 2.05) is 13.1 Å². The highest BCUT2D eigenvalue weighted by Gasteiger charge is 2.26. The van der Waals surface area contributed by atoms with Crippen molar-refractivity contribution in [2.45, 2.75) is 25.3 Å². The van der Waals surface area contributed by atoms with Gasteiger partial charge in [0.1, 0.15) is 11.4 Å². The van der Waals surface area contributed by atoms with Crippen LogP contribution < -0.4 is 10.2 Å². The second-order valence-corrected chi connectivity index (χ2v) is 8.41. The van der Waals surface area contributed by atoms with Gasteiger partial charge in [0, 0.05) is 25.5 Å². The van der Waals surface area contributed by atoms with Crippen molar-refractivity contribution in [1.82, 2.24) is 29.3 Å². The number of fused-ring (bicyclic) bond motifs is 1. The number of hydrogen-bond acceptors (Lipinski definition) is 7. The molecule has 2 saturated heterocycles. The Morgan fingerprint density at radius 2 is 1.97 bits per heavy atom. The number of nitrogens with one attached hydrogen (secondary N) is 1. The average molecular weight is 460 g/mol. The molecule has 12 heteroatoms. The van der Waals surface area contributed by atoms with E-state index in [0.717, 1.165) is 25.9 Å². The van der Waals surface area contributed by atoms with Gasteiger partial charge in [-0.05, 0) is 39.0 Å². The first-order valence-electron chi connectivity index (χ1n) is 11.0. The number of hydrogen-bond donors (Lipinski definition) is 1. The number of ether oxygens (including phenoxy) is 1. The second kappa shape index (κ2) is 9.02. The quantitative estimate of drug-likeness (QED) is 0.624. The number of nitrogens with zero attached hydrogens (tertiary/aromatic N) is 7. The maximum Gasteiger partial charge on any atom is 0.284 e. The molecule has 5 rings (SSSR count). The van der Waals surface area contributed by atoms with Gasteiger partial charge in [0.2, 0.25) is 0 Å². The largest absolute Gasteiger partial charge is 0.378 e. The molecule has 0 bridgehead atoms. The van der Waals surface area contributed by atoms with Crippen molar-refractivity contribution < 1.29 is 18.3 Å². The smallest absolute Gasteiger partial charge is 0.284 e. The topological polar surface area (TPSA) is 92.8 Å². The number of piperidine rings is 1. The third kappa shape index (κ3) is 4.40. The standard InChI is InChI=1S/C21H26F2N8O2/c1-28-5-2-14(3-6-28)31-13-16(18(27-31)19(22)23)25-21(32)15-12-24-30-7-4-17(26-20(15)30)29-8-10-33-11-9-29/h4,7,12-14,19H,2-3,5-6,8-11H2,1H3,(H,25,32). The summed E-state index contributed by atoms with van der Waals surface area (Å²) in [5.74, 6) is 0.158. The Balaban J connectivity index is 1.40. The summed E-state index contributed by atoms with van der Waals surface area (Å²) in [5.41, 5.74) is 0.147. The first kappa shape index (κ1) is 21.7. The Morgan fingerprint density at radius 3 is 2.70 bits per heavy atom. The number of carbonyl (C=O) groups is 1. The number of likely N-dealkylation sites (tertiary alicyclic amines) is 1. The van der Waals surface area contributed by atoms with Crippen molar-refractivity contribution in [3.8, 4) is 0 Å². The van der Waals surface area contributed by atoms with Crippen LogP contribution in [0.1, 0.15) is 41.4 Å². The van der Waals surface area contributed by atoms with Gasteiger partial charge in [-0.2, -0.15) is 10.2 Å². The highest BCUT2D eigenvalue weighted by Crippen LogP contribution is 2.30. The number of rotatable bonds is 5. The van der Waals surface area contributed by atoms with E-state index >= 15 is 0 Å². The van der Waals surface area contributed by atoms with E-state index < -0.39 is 18.0 Å². The van der Waals surface area contributed by atoms with Crippen molar-refractivity contribution in [3.63, 3.8) is 0 Å². The lowest BCUT2D eigenvalue weighted by molar-refractivity contribution is 0.102. The molecule has 1 amide bonds. The molecule has 0 saturated carbocycles. The molecule has 10 nitrogen and oxygen atoms in total. The molecule has 2 fully saturated rings. The van der Waals surface area contributed by atoms with Crippen LogP contribution in [-0.4, -0.2) is 81.6 Å².